The summed E-state index contributed by atoms with van der Waals surface area (Å²) >= 11 is 6.14. The maximum Gasteiger partial charge on any atom is 0.145 e. The molecule has 0 saturated carbocycles. The van der Waals surface area contributed by atoms with Crippen LogP contribution in [-0.4, -0.2) is 54.2 Å². The van der Waals surface area contributed by atoms with Crippen LogP contribution in [0.25, 0.3) is 0 Å². The van der Waals surface area contributed by atoms with Gasteiger partial charge >= 0.3 is 0 Å². The Morgan fingerprint density at radius 2 is 2.17 bits per heavy atom. The van der Waals surface area contributed by atoms with E-state index in [1.54, 1.807) is 0 Å². The van der Waals surface area contributed by atoms with Crippen molar-refractivity contribution in [2.24, 2.45) is 5.16 Å². The molecule has 0 amide bonds. The molecule has 1 aliphatic heterocycles. The van der Waals surface area contributed by atoms with E-state index in [1.807, 2.05) is 36.4 Å². The molecule has 0 fully saturated rings. The molecule has 0 spiro atoms. The van der Waals surface area contributed by atoms with Crippen molar-refractivity contribution in [1.82, 2.24) is 4.90 Å². The zero-order valence-corrected chi connectivity index (χ0v) is 17.9. The molecule has 6 heteroatoms. The van der Waals surface area contributed by atoms with E-state index in [9.17, 15) is 5.11 Å². The predicted octanol–water partition coefficient (Wildman–Crippen LogP) is 3.65. The molecular weight excluding hydrogens is 400 g/mol. The summed E-state index contributed by atoms with van der Waals surface area (Å²) in [6, 6.07) is 15.9. The van der Waals surface area contributed by atoms with Crippen molar-refractivity contribution in [3.8, 4) is 12.3 Å². The second kappa shape index (κ2) is 11.1. The molecular formula is C24H27ClN2O3. The number of ether oxygens (including phenoxy) is 1. The van der Waals surface area contributed by atoms with E-state index in [1.165, 1.54) is 5.56 Å². The Morgan fingerprint density at radius 3 is 2.93 bits per heavy atom. The van der Waals surface area contributed by atoms with Crippen molar-refractivity contribution in [1.29, 1.82) is 0 Å². The molecule has 3 rings (SSSR count). The lowest BCUT2D eigenvalue weighted by atomic mass is 10.00. The van der Waals surface area contributed by atoms with Gasteiger partial charge in [0.1, 0.15) is 12.7 Å². The van der Waals surface area contributed by atoms with E-state index in [0.717, 1.165) is 23.3 Å². The van der Waals surface area contributed by atoms with Crippen LogP contribution in [0.15, 0.2) is 53.7 Å². The number of oxime groups is 1. The first-order valence-corrected chi connectivity index (χ1v) is 10.4. The first kappa shape index (κ1) is 22.3. The lowest BCUT2D eigenvalue weighted by molar-refractivity contribution is 0.00419. The molecule has 2 aromatic rings. The second-order valence-electron chi connectivity index (χ2n) is 7.48. The van der Waals surface area contributed by atoms with E-state index in [4.69, 9.17) is 27.6 Å². The number of terminal acetylenes is 1. The number of rotatable bonds is 10. The molecule has 2 aromatic carbocycles. The van der Waals surface area contributed by atoms with Gasteiger partial charge in [-0.3, -0.25) is 4.90 Å². The van der Waals surface area contributed by atoms with Gasteiger partial charge in [-0.2, -0.15) is 0 Å². The third-order valence-corrected chi connectivity index (χ3v) is 5.15. The Bertz CT molecular complexity index is 909. The highest BCUT2D eigenvalue weighted by molar-refractivity contribution is 6.30. The summed E-state index contributed by atoms with van der Waals surface area (Å²) in [6.07, 6.45) is 5.18. The van der Waals surface area contributed by atoms with Crippen LogP contribution in [0.2, 0.25) is 5.02 Å². The number of benzene rings is 2. The summed E-state index contributed by atoms with van der Waals surface area (Å²) in [5.41, 5.74) is 4.32. The Balaban J connectivity index is 1.63. The molecule has 0 bridgehead atoms. The molecule has 2 atom stereocenters. The van der Waals surface area contributed by atoms with Gasteiger partial charge in [-0.25, -0.2) is 0 Å². The van der Waals surface area contributed by atoms with Crippen molar-refractivity contribution in [2.45, 2.75) is 32.1 Å². The molecule has 1 N–H and O–H groups in total. The monoisotopic (exact) mass is 426 g/mol. The summed E-state index contributed by atoms with van der Waals surface area (Å²) in [6.45, 7) is 4.13. The predicted molar refractivity (Wildman–Crippen MR) is 120 cm³/mol. The Hall–Kier alpha value is -2.36. The average molecular weight is 427 g/mol. The summed E-state index contributed by atoms with van der Waals surface area (Å²) in [7, 11) is 0. The molecule has 2 unspecified atom stereocenters. The lowest BCUT2D eigenvalue weighted by Gasteiger charge is -2.27. The highest BCUT2D eigenvalue weighted by Crippen LogP contribution is 2.21. The quantitative estimate of drug-likeness (QED) is 0.465. The molecule has 5 nitrogen and oxygen atoms in total. The van der Waals surface area contributed by atoms with Crippen LogP contribution in [-0.2, 0) is 16.1 Å². The molecule has 1 aliphatic rings. The number of aliphatic hydroxyl groups excluding tert-OH is 1. The summed E-state index contributed by atoms with van der Waals surface area (Å²) in [5, 5.41) is 15.4. The highest BCUT2D eigenvalue weighted by Gasteiger charge is 2.26. The molecule has 1 heterocycles. The average Bonchev–Trinajstić information content (AvgIpc) is 3.16. The summed E-state index contributed by atoms with van der Waals surface area (Å²) in [4.78, 5) is 7.86. The molecule has 0 aliphatic carbocycles. The third-order valence-electron chi connectivity index (χ3n) is 4.91. The van der Waals surface area contributed by atoms with E-state index < -0.39 is 6.10 Å². The number of aliphatic hydroxyl groups is 1. The SMILES string of the molecule is C#CCOCC(O)CN(Cc1cccc(Cl)c1)CC1CC(c2ccccc2C)=NO1. The van der Waals surface area contributed by atoms with Gasteiger partial charge in [0.05, 0.1) is 18.4 Å². The maximum absolute atomic E-state index is 10.4. The summed E-state index contributed by atoms with van der Waals surface area (Å²) < 4.78 is 5.29. The zero-order valence-electron chi connectivity index (χ0n) is 17.1. The van der Waals surface area contributed by atoms with Crippen LogP contribution in [0.3, 0.4) is 0 Å². The van der Waals surface area contributed by atoms with Crippen LogP contribution >= 0.6 is 11.6 Å². The fourth-order valence-electron chi connectivity index (χ4n) is 3.57. The van der Waals surface area contributed by atoms with Crippen molar-refractivity contribution in [3.63, 3.8) is 0 Å². The lowest BCUT2D eigenvalue weighted by Crippen LogP contribution is -2.39. The molecule has 0 radical (unpaired) electrons. The minimum Gasteiger partial charge on any atom is -0.390 e. The number of hydrogen-bond donors (Lipinski definition) is 1. The summed E-state index contributed by atoms with van der Waals surface area (Å²) in [5.74, 6) is 2.41. The number of halogens is 1. The van der Waals surface area contributed by atoms with Gasteiger partial charge in [-0.1, -0.05) is 59.1 Å². The van der Waals surface area contributed by atoms with Gasteiger partial charge in [0.2, 0.25) is 0 Å². The topological polar surface area (TPSA) is 54.3 Å². The molecule has 0 saturated heterocycles. The van der Waals surface area contributed by atoms with Gasteiger partial charge in [0.15, 0.2) is 0 Å². The van der Waals surface area contributed by atoms with Crippen LogP contribution < -0.4 is 0 Å². The van der Waals surface area contributed by atoms with E-state index in [-0.39, 0.29) is 19.3 Å². The standard InChI is InChI=1S/C24H27ClN2O3/c1-3-11-29-17-21(28)15-27(14-19-8-6-9-20(25)12-19)16-22-13-24(26-30-22)23-10-5-4-7-18(23)2/h1,4-10,12,21-22,28H,11,13-17H2,2H3. The Kier molecular flexibility index (Phi) is 8.30. The van der Waals surface area contributed by atoms with E-state index in [2.05, 4.69) is 35.0 Å². The van der Waals surface area contributed by atoms with Crippen molar-refractivity contribution < 1.29 is 14.7 Å². The van der Waals surface area contributed by atoms with Crippen LogP contribution in [0.5, 0.6) is 0 Å². The minimum absolute atomic E-state index is 0.0855. The largest absolute Gasteiger partial charge is 0.390 e. The first-order valence-electron chi connectivity index (χ1n) is 10.00. The number of aryl methyl sites for hydroxylation is 1. The fourth-order valence-corrected chi connectivity index (χ4v) is 3.78. The smallest absolute Gasteiger partial charge is 0.145 e. The minimum atomic E-state index is -0.657. The van der Waals surface area contributed by atoms with Gasteiger partial charge in [0.25, 0.3) is 0 Å². The van der Waals surface area contributed by atoms with Crippen molar-refractivity contribution >= 4 is 17.3 Å². The van der Waals surface area contributed by atoms with E-state index >= 15 is 0 Å². The highest BCUT2D eigenvalue weighted by atomic mass is 35.5. The maximum atomic E-state index is 10.4. The van der Waals surface area contributed by atoms with Crippen LogP contribution in [0.4, 0.5) is 0 Å². The van der Waals surface area contributed by atoms with Crippen LogP contribution in [0.1, 0.15) is 23.1 Å². The Morgan fingerprint density at radius 1 is 1.33 bits per heavy atom. The normalized spacial score (nSPS) is 16.8. The molecule has 0 aromatic heterocycles. The van der Waals surface area contributed by atoms with Gasteiger partial charge < -0.3 is 14.7 Å². The molecule has 158 valence electrons. The van der Waals surface area contributed by atoms with Crippen molar-refractivity contribution in [2.75, 3.05) is 26.3 Å². The third kappa shape index (κ3) is 6.58. The fraction of sp³-hybridized carbons (Fsp3) is 0.375. The van der Waals surface area contributed by atoms with Gasteiger partial charge in [-0.15, -0.1) is 6.42 Å². The number of hydrogen-bond acceptors (Lipinski definition) is 5. The number of nitrogens with zero attached hydrogens (tertiary/aromatic N) is 2. The van der Waals surface area contributed by atoms with E-state index in [0.29, 0.717) is 24.7 Å². The van der Waals surface area contributed by atoms with Gasteiger partial charge in [-0.05, 0) is 30.2 Å². The second-order valence-corrected chi connectivity index (χ2v) is 7.92. The van der Waals surface area contributed by atoms with Crippen molar-refractivity contribution in [3.05, 3.63) is 70.2 Å². The zero-order chi connectivity index (χ0) is 21.3. The van der Waals surface area contributed by atoms with Gasteiger partial charge in [0, 0.05) is 36.6 Å². The first-order chi connectivity index (χ1) is 14.5. The molecule has 30 heavy (non-hydrogen) atoms. The van der Waals surface area contributed by atoms with Crippen LogP contribution in [0, 0.1) is 19.3 Å². The Labute approximate surface area is 183 Å².